The van der Waals surface area contributed by atoms with Gasteiger partial charge in [-0.15, -0.1) is 0 Å². The van der Waals surface area contributed by atoms with E-state index in [0.717, 1.165) is 55.4 Å². The second-order valence-corrected chi connectivity index (χ2v) is 6.99. The summed E-state index contributed by atoms with van der Waals surface area (Å²) >= 11 is 0. The minimum atomic E-state index is 0.0618. The van der Waals surface area contributed by atoms with Crippen molar-refractivity contribution in [1.82, 2.24) is 0 Å². The van der Waals surface area contributed by atoms with Crippen LogP contribution in [0.15, 0.2) is 30.1 Å². The molecule has 0 fully saturated rings. The van der Waals surface area contributed by atoms with Gasteiger partial charge in [-0.2, -0.15) is 5.26 Å². The van der Waals surface area contributed by atoms with Gasteiger partial charge in [0.05, 0.1) is 5.56 Å². The zero-order chi connectivity index (χ0) is 17.3. The molecule has 0 saturated carbocycles. The first-order valence-electron chi connectivity index (χ1n) is 8.89. The zero-order valence-electron chi connectivity index (χ0n) is 14.6. The second kappa shape index (κ2) is 6.73. The number of ether oxygens (including phenoxy) is 1. The van der Waals surface area contributed by atoms with Crippen LogP contribution in [-0.4, -0.2) is 5.11 Å². The molecule has 0 saturated heterocycles. The van der Waals surface area contributed by atoms with Gasteiger partial charge in [0.25, 0.3) is 0 Å². The number of phenols is 1. The third kappa shape index (κ3) is 2.82. The van der Waals surface area contributed by atoms with E-state index in [-0.39, 0.29) is 17.6 Å². The number of allylic oxidation sites excluding steroid dienone is 3. The minimum Gasteiger partial charge on any atom is -0.506 e. The van der Waals surface area contributed by atoms with E-state index in [9.17, 15) is 10.4 Å². The van der Waals surface area contributed by atoms with Crippen molar-refractivity contribution in [2.24, 2.45) is 5.92 Å². The molecule has 3 heteroatoms. The number of nitriles is 1. The van der Waals surface area contributed by atoms with Crippen LogP contribution in [0.5, 0.6) is 11.5 Å². The van der Waals surface area contributed by atoms with Gasteiger partial charge in [-0.1, -0.05) is 38.0 Å². The highest BCUT2D eigenvalue weighted by Gasteiger charge is 2.38. The van der Waals surface area contributed by atoms with E-state index in [4.69, 9.17) is 4.74 Å². The standard InChI is InChI=1S/C21H25NO2/c1-4-5-6-7-15-11-19-20(21(23)18(15)12-22)17-10-13(2)8-9-16(17)14(3)24-19/h10-11,16-17,23H,3-9H2,1-2H3/t16-,17+/m0/s1. The molecule has 0 unspecified atom stereocenters. The van der Waals surface area contributed by atoms with Gasteiger partial charge in [0.1, 0.15) is 23.3 Å². The van der Waals surface area contributed by atoms with Crippen molar-refractivity contribution in [2.45, 2.75) is 58.3 Å². The van der Waals surface area contributed by atoms with Crippen LogP contribution >= 0.6 is 0 Å². The molecule has 0 aromatic heterocycles. The fraction of sp³-hybridized carbons (Fsp3) is 0.476. The number of aryl methyl sites for hydroxylation is 1. The van der Waals surface area contributed by atoms with E-state index in [1.54, 1.807) is 0 Å². The van der Waals surface area contributed by atoms with E-state index in [1.165, 1.54) is 5.57 Å². The largest absolute Gasteiger partial charge is 0.506 e. The van der Waals surface area contributed by atoms with Crippen LogP contribution < -0.4 is 4.74 Å². The molecule has 0 amide bonds. The maximum atomic E-state index is 10.8. The van der Waals surface area contributed by atoms with E-state index >= 15 is 0 Å². The van der Waals surface area contributed by atoms with Crippen molar-refractivity contribution < 1.29 is 9.84 Å². The lowest BCUT2D eigenvalue weighted by atomic mass is 9.73. The summed E-state index contributed by atoms with van der Waals surface area (Å²) in [5.41, 5.74) is 3.38. The lowest BCUT2D eigenvalue weighted by molar-refractivity contribution is 0.274. The topological polar surface area (TPSA) is 53.2 Å². The smallest absolute Gasteiger partial charge is 0.141 e. The minimum absolute atomic E-state index is 0.0618. The summed E-state index contributed by atoms with van der Waals surface area (Å²) in [7, 11) is 0. The Morgan fingerprint density at radius 1 is 1.42 bits per heavy atom. The fourth-order valence-corrected chi connectivity index (χ4v) is 3.94. The molecule has 126 valence electrons. The molecule has 0 bridgehead atoms. The SMILES string of the molecule is C=C1Oc2cc(CCCCC)c(C#N)c(O)c2[C@@H]2C=C(C)CC[C@@H]12. The maximum absolute atomic E-state index is 10.8. The highest BCUT2D eigenvalue weighted by Crippen LogP contribution is 2.52. The lowest BCUT2D eigenvalue weighted by Gasteiger charge is -2.37. The normalized spacial score (nSPS) is 22.0. The quantitative estimate of drug-likeness (QED) is 0.601. The number of unbranched alkanes of at least 4 members (excludes halogenated alkanes) is 2. The molecule has 2 atom stereocenters. The van der Waals surface area contributed by atoms with E-state index in [0.29, 0.717) is 11.3 Å². The average Bonchev–Trinajstić information content (AvgIpc) is 2.54. The summed E-state index contributed by atoms with van der Waals surface area (Å²) in [4.78, 5) is 0. The average molecular weight is 323 g/mol. The molecular weight excluding hydrogens is 298 g/mol. The lowest BCUT2D eigenvalue weighted by Crippen LogP contribution is -2.25. The first-order chi connectivity index (χ1) is 11.6. The molecule has 1 aliphatic carbocycles. The Balaban J connectivity index is 2.09. The monoisotopic (exact) mass is 323 g/mol. The number of benzene rings is 1. The molecule has 1 aliphatic heterocycles. The van der Waals surface area contributed by atoms with Gasteiger partial charge in [0.2, 0.25) is 0 Å². The molecule has 2 aliphatic rings. The summed E-state index contributed by atoms with van der Waals surface area (Å²) < 4.78 is 5.97. The van der Waals surface area contributed by atoms with Crippen LogP contribution in [-0.2, 0) is 6.42 Å². The Labute approximate surface area is 144 Å². The summed E-state index contributed by atoms with van der Waals surface area (Å²) in [5.74, 6) is 1.81. The fourth-order valence-electron chi connectivity index (χ4n) is 3.94. The van der Waals surface area contributed by atoms with E-state index in [1.807, 2.05) is 6.07 Å². The van der Waals surface area contributed by atoms with Gasteiger partial charge in [0.15, 0.2) is 0 Å². The van der Waals surface area contributed by atoms with Gasteiger partial charge < -0.3 is 9.84 Å². The summed E-state index contributed by atoms with van der Waals surface area (Å²) in [6.07, 6.45) is 8.25. The second-order valence-electron chi connectivity index (χ2n) is 6.99. The molecule has 3 nitrogen and oxygen atoms in total. The summed E-state index contributed by atoms with van der Waals surface area (Å²) in [5, 5.41) is 20.4. The summed E-state index contributed by atoms with van der Waals surface area (Å²) in [6.45, 7) is 8.38. The van der Waals surface area contributed by atoms with Crippen LogP contribution in [0.2, 0.25) is 0 Å². The molecular formula is C21H25NO2. The van der Waals surface area contributed by atoms with Crippen LogP contribution in [0.1, 0.15) is 68.6 Å². The molecule has 1 N–H and O–H groups in total. The molecule has 1 heterocycles. The molecule has 1 aromatic carbocycles. The number of hydrogen-bond acceptors (Lipinski definition) is 3. The van der Waals surface area contributed by atoms with Crippen molar-refractivity contribution in [3.63, 3.8) is 0 Å². The number of phenolic OH excluding ortho intramolecular Hbond substituents is 1. The number of hydrogen-bond donors (Lipinski definition) is 1. The summed E-state index contributed by atoms with van der Waals surface area (Å²) in [6, 6.07) is 4.16. The first kappa shape index (κ1) is 16.6. The predicted octanol–water partition coefficient (Wildman–Crippen LogP) is 5.34. The Morgan fingerprint density at radius 2 is 2.21 bits per heavy atom. The molecule has 0 spiro atoms. The Hall–Kier alpha value is -2.21. The Morgan fingerprint density at radius 3 is 2.92 bits per heavy atom. The Bertz CT molecular complexity index is 739. The first-order valence-corrected chi connectivity index (χ1v) is 8.89. The van der Waals surface area contributed by atoms with E-state index < -0.39 is 0 Å². The van der Waals surface area contributed by atoms with Crippen molar-refractivity contribution in [3.05, 3.63) is 46.7 Å². The van der Waals surface area contributed by atoms with Gasteiger partial charge in [-0.3, -0.25) is 0 Å². The van der Waals surface area contributed by atoms with Gasteiger partial charge >= 0.3 is 0 Å². The van der Waals surface area contributed by atoms with Crippen LogP contribution in [0.25, 0.3) is 0 Å². The molecule has 3 rings (SSSR count). The molecule has 1 aromatic rings. The van der Waals surface area contributed by atoms with Crippen LogP contribution in [0.4, 0.5) is 0 Å². The third-order valence-corrected chi connectivity index (χ3v) is 5.28. The van der Waals surface area contributed by atoms with Crippen molar-refractivity contribution in [3.8, 4) is 17.6 Å². The third-order valence-electron chi connectivity index (χ3n) is 5.28. The van der Waals surface area contributed by atoms with E-state index in [2.05, 4.69) is 32.6 Å². The highest BCUT2D eigenvalue weighted by molar-refractivity contribution is 5.62. The van der Waals surface area contributed by atoms with Crippen molar-refractivity contribution in [2.75, 3.05) is 0 Å². The van der Waals surface area contributed by atoms with Crippen LogP contribution in [0, 0.1) is 17.2 Å². The Kier molecular flexibility index (Phi) is 4.66. The highest BCUT2D eigenvalue weighted by atomic mass is 16.5. The maximum Gasteiger partial charge on any atom is 0.141 e. The predicted molar refractivity (Wildman–Crippen MR) is 95.0 cm³/mol. The number of rotatable bonds is 4. The molecule has 0 radical (unpaired) electrons. The zero-order valence-corrected chi connectivity index (χ0v) is 14.6. The number of aromatic hydroxyl groups is 1. The number of fused-ring (bicyclic) bond motifs is 3. The van der Waals surface area contributed by atoms with Gasteiger partial charge in [0, 0.05) is 17.4 Å². The van der Waals surface area contributed by atoms with Gasteiger partial charge in [-0.25, -0.2) is 0 Å². The van der Waals surface area contributed by atoms with Crippen LogP contribution in [0.3, 0.4) is 0 Å². The molecule has 24 heavy (non-hydrogen) atoms. The van der Waals surface area contributed by atoms with Crippen molar-refractivity contribution in [1.29, 1.82) is 5.26 Å². The van der Waals surface area contributed by atoms with Gasteiger partial charge in [-0.05, 0) is 44.2 Å². The van der Waals surface area contributed by atoms with Crippen molar-refractivity contribution >= 4 is 0 Å². The number of nitrogens with zero attached hydrogens (tertiary/aromatic N) is 1.